The Morgan fingerprint density at radius 1 is 1.09 bits per heavy atom. The summed E-state index contributed by atoms with van der Waals surface area (Å²) in [6.07, 6.45) is -2.67. The van der Waals surface area contributed by atoms with Gasteiger partial charge in [-0.2, -0.15) is 13.2 Å². The fourth-order valence-corrected chi connectivity index (χ4v) is 5.77. The van der Waals surface area contributed by atoms with Crippen molar-refractivity contribution in [2.24, 2.45) is 11.3 Å². The molecule has 2 rings (SSSR count). The highest BCUT2D eigenvalue weighted by atomic mass is 32.2. The molecular formula is C24H34F3NO5S. The van der Waals surface area contributed by atoms with Crippen LogP contribution in [-0.4, -0.2) is 62.2 Å². The highest BCUT2D eigenvalue weighted by Gasteiger charge is 2.43. The molecule has 0 amide bonds. The minimum atomic E-state index is -5.09. The molecule has 0 spiro atoms. The smallest absolute Gasteiger partial charge is 0.458 e. The van der Waals surface area contributed by atoms with Gasteiger partial charge >= 0.3 is 12.1 Å². The van der Waals surface area contributed by atoms with E-state index in [1.807, 2.05) is 0 Å². The van der Waals surface area contributed by atoms with Crippen LogP contribution in [0.4, 0.5) is 13.2 Å². The van der Waals surface area contributed by atoms with Gasteiger partial charge in [0, 0.05) is 12.5 Å². The second kappa shape index (κ2) is 10.8. The molecule has 1 aromatic rings. The van der Waals surface area contributed by atoms with Gasteiger partial charge in [-0.3, -0.25) is 4.79 Å². The summed E-state index contributed by atoms with van der Waals surface area (Å²) >= 11 is 0. The Hall–Kier alpha value is -1.94. The van der Waals surface area contributed by atoms with Gasteiger partial charge in [0.2, 0.25) is 0 Å². The Labute approximate surface area is 199 Å². The predicted molar refractivity (Wildman–Crippen MR) is 122 cm³/mol. The van der Waals surface area contributed by atoms with Gasteiger partial charge in [-0.05, 0) is 78.6 Å². The van der Waals surface area contributed by atoms with Crippen LogP contribution in [0.2, 0.25) is 0 Å². The maximum Gasteiger partial charge on any atom is 0.490 e. The summed E-state index contributed by atoms with van der Waals surface area (Å²) in [6, 6.07) is 8.33. The molecule has 0 aromatic heterocycles. The number of Topliss-reactive ketones (excluding diaryl/α,β-unsaturated/α-hetero) is 1. The van der Waals surface area contributed by atoms with Crippen molar-refractivity contribution in [3.63, 3.8) is 0 Å². The lowest BCUT2D eigenvalue weighted by Crippen LogP contribution is -2.45. The second-order valence-corrected chi connectivity index (χ2v) is 12.7. The number of ether oxygens (including phenoxy) is 1. The van der Waals surface area contributed by atoms with Crippen LogP contribution in [0.3, 0.4) is 0 Å². The van der Waals surface area contributed by atoms with Gasteiger partial charge in [0.05, 0.1) is 15.1 Å². The van der Waals surface area contributed by atoms with Crippen LogP contribution in [0, 0.1) is 11.3 Å². The number of esters is 1. The molecule has 0 N–H and O–H groups in total. The van der Waals surface area contributed by atoms with E-state index in [2.05, 4.69) is 9.64 Å². The van der Waals surface area contributed by atoms with Gasteiger partial charge in [0.15, 0.2) is 9.84 Å². The Balaban J connectivity index is 1.91. The van der Waals surface area contributed by atoms with E-state index in [1.54, 1.807) is 44.2 Å². The number of rotatable bonds is 10. The Kier molecular flexibility index (Phi) is 8.96. The van der Waals surface area contributed by atoms with E-state index in [4.69, 9.17) is 0 Å². The molecule has 1 aliphatic rings. The molecule has 1 aliphatic heterocycles. The summed E-state index contributed by atoms with van der Waals surface area (Å²) < 4.78 is 66.6. The van der Waals surface area contributed by atoms with Crippen molar-refractivity contribution in [1.82, 2.24) is 4.90 Å². The quantitative estimate of drug-likeness (QED) is 0.438. The zero-order chi connectivity index (χ0) is 25.8. The molecule has 10 heteroatoms. The van der Waals surface area contributed by atoms with Crippen molar-refractivity contribution in [2.45, 2.75) is 69.2 Å². The molecule has 0 radical (unpaired) electrons. The largest absolute Gasteiger partial charge is 0.490 e. The van der Waals surface area contributed by atoms with E-state index < -0.39 is 38.8 Å². The van der Waals surface area contributed by atoms with Crippen molar-refractivity contribution in [3.8, 4) is 0 Å². The van der Waals surface area contributed by atoms with E-state index >= 15 is 0 Å². The summed E-state index contributed by atoms with van der Waals surface area (Å²) in [5.74, 6) is -2.92. The number of carbonyl (C=O) groups is 2. The predicted octanol–water partition coefficient (Wildman–Crippen LogP) is 4.43. The summed E-state index contributed by atoms with van der Waals surface area (Å²) in [5, 5.41) is 0. The zero-order valence-electron chi connectivity index (χ0n) is 20.2. The molecule has 0 aliphatic carbocycles. The molecule has 1 heterocycles. The van der Waals surface area contributed by atoms with Crippen LogP contribution >= 0.6 is 0 Å². The monoisotopic (exact) mass is 505 g/mol. The van der Waals surface area contributed by atoms with Crippen LogP contribution in [0.1, 0.15) is 53.4 Å². The summed E-state index contributed by atoms with van der Waals surface area (Å²) in [5.41, 5.74) is -1.24. The van der Waals surface area contributed by atoms with Crippen molar-refractivity contribution >= 4 is 21.6 Å². The van der Waals surface area contributed by atoms with Gasteiger partial charge in [0.1, 0.15) is 12.4 Å². The number of hydrogen-bond acceptors (Lipinski definition) is 6. The first-order valence-electron chi connectivity index (χ1n) is 11.4. The van der Waals surface area contributed by atoms with Crippen molar-refractivity contribution in [3.05, 3.63) is 30.3 Å². The van der Waals surface area contributed by atoms with Gasteiger partial charge in [-0.1, -0.05) is 18.2 Å². The summed E-state index contributed by atoms with van der Waals surface area (Å²) in [4.78, 5) is 26.4. The molecule has 0 saturated carbocycles. The molecule has 1 saturated heterocycles. The minimum Gasteiger partial charge on any atom is -0.458 e. The lowest BCUT2D eigenvalue weighted by molar-refractivity contribution is -0.202. The fraction of sp³-hybridized carbons (Fsp3) is 0.667. The molecule has 192 valence electrons. The third-order valence-electron chi connectivity index (χ3n) is 6.37. The first-order chi connectivity index (χ1) is 15.6. The molecule has 6 nitrogen and oxygen atoms in total. The number of carbonyl (C=O) groups excluding carboxylic acids is 2. The highest BCUT2D eigenvalue weighted by molar-refractivity contribution is 7.92. The van der Waals surface area contributed by atoms with E-state index in [9.17, 15) is 31.2 Å². The first kappa shape index (κ1) is 28.3. The average molecular weight is 506 g/mol. The normalized spacial score (nSPS) is 18.5. The van der Waals surface area contributed by atoms with Crippen LogP contribution in [0.25, 0.3) is 0 Å². The Morgan fingerprint density at radius 3 is 2.29 bits per heavy atom. The Morgan fingerprint density at radius 2 is 1.71 bits per heavy atom. The molecule has 1 atom stereocenters. The summed E-state index contributed by atoms with van der Waals surface area (Å²) in [6.45, 7) is 7.57. The zero-order valence-corrected chi connectivity index (χ0v) is 21.0. The number of piperidine rings is 1. The number of halogens is 3. The molecule has 0 bridgehead atoms. The molecular weight excluding hydrogens is 471 g/mol. The molecule has 1 unspecified atom stereocenters. The number of benzene rings is 1. The third kappa shape index (κ3) is 7.04. The number of likely N-dealkylation sites (tertiary alicyclic amines) is 1. The van der Waals surface area contributed by atoms with Crippen molar-refractivity contribution < 1.29 is 35.9 Å². The van der Waals surface area contributed by atoms with Crippen molar-refractivity contribution in [1.29, 1.82) is 0 Å². The minimum absolute atomic E-state index is 0.237. The first-order valence-corrected chi connectivity index (χ1v) is 12.9. The second-order valence-electron chi connectivity index (χ2n) is 10.1. The van der Waals surface area contributed by atoms with E-state index in [-0.39, 0.29) is 16.6 Å². The average Bonchev–Trinajstić information content (AvgIpc) is 2.76. The van der Waals surface area contributed by atoms with E-state index in [1.165, 1.54) is 13.8 Å². The Bertz CT molecular complexity index is 959. The standard InChI is InChI=1S/C24H34F3NO5S/c1-22(2,17-33-21(30)24(25,26)27)20(29)18-10-8-14-28(16-18)15-9-13-23(3,4)34(31,32)19-11-6-5-7-12-19/h5-7,11-12,18H,8-10,13-17H2,1-4H3. The lowest BCUT2D eigenvalue weighted by Gasteiger charge is -2.36. The van der Waals surface area contributed by atoms with E-state index in [0.29, 0.717) is 32.4 Å². The number of ketones is 1. The van der Waals surface area contributed by atoms with Gasteiger partial charge in [-0.25, -0.2) is 13.2 Å². The number of alkyl halides is 3. The lowest BCUT2D eigenvalue weighted by atomic mass is 9.78. The fourth-order valence-electron chi connectivity index (χ4n) is 4.21. The summed E-state index contributed by atoms with van der Waals surface area (Å²) in [7, 11) is -3.50. The molecule has 34 heavy (non-hydrogen) atoms. The topological polar surface area (TPSA) is 80.8 Å². The van der Waals surface area contributed by atoms with E-state index in [0.717, 1.165) is 13.0 Å². The van der Waals surface area contributed by atoms with Gasteiger partial charge in [-0.15, -0.1) is 0 Å². The maximum absolute atomic E-state index is 13.0. The van der Waals surface area contributed by atoms with Crippen LogP contribution in [-0.2, 0) is 24.2 Å². The third-order valence-corrected chi connectivity index (χ3v) is 8.92. The highest BCUT2D eigenvalue weighted by Crippen LogP contribution is 2.31. The molecule has 1 fully saturated rings. The van der Waals surface area contributed by atoms with Gasteiger partial charge in [0.25, 0.3) is 0 Å². The van der Waals surface area contributed by atoms with Crippen LogP contribution < -0.4 is 0 Å². The van der Waals surface area contributed by atoms with Gasteiger partial charge < -0.3 is 9.64 Å². The van der Waals surface area contributed by atoms with Crippen LogP contribution in [0.15, 0.2) is 35.2 Å². The SMILES string of the molecule is CC(C)(COC(=O)C(F)(F)F)C(=O)C1CCCN(CCCC(C)(C)S(=O)(=O)c2ccccc2)C1. The number of hydrogen-bond donors (Lipinski definition) is 0. The maximum atomic E-state index is 13.0. The van der Waals surface area contributed by atoms with Crippen LogP contribution in [0.5, 0.6) is 0 Å². The number of nitrogens with zero attached hydrogens (tertiary/aromatic N) is 1. The van der Waals surface area contributed by atoms with Crippen molar-refractivity contribution in [2.75, 3.05) is 26.2 Å². The molecule has 1 aromatic carbocycles. The number of sulfone groups is 1.